The van der Waals surface area contributed by atoms with E-state index in [0.29, 0.717) is 0 Å². The molecule has 0 N–H and O–H groups in total. The van der Waals surface area contributed by atoms with Gasteiger partial charge in [-0.3, -0.25) is 0 Å². The van der Waals surface area contributed by atoms with Gasteiger partial charge >= 0.3 is 0 Å². The molecule has 2 rings (SSSR count). The molecule has 0 aliphatic carbocycles. The van der Waals surface area contributed by atoms with Crippen LogP contribution < -0.4 is 4.84 Å². The summed E-state index contributed by atoms with van der Waals surface area (Å²) in [7, 11) is 1.96. The normalized spacial score (nSPS) is 20.2. The molecule has 2 nitrogen and oxygen atoms in total. The molecule has 0 fully saturated rings. The Hall–Kier alpha value is -1.02. The molecule has 0 unspecified atom stereocenters. The summed E-state index contributed by atoms with van der Waals surface area (Å²) in [6, 6.07) is 8.15. The summed E-state index contributed by atoms with van der Waals surface area (Å²) in [6.45, 7) is 4.30. The lowest BCUT2D eigenvalue weighted by molar-refractivity contribution is -0.0823. The average molecular weight is 163 g/mol. The Balaban J connectivity index is 2.55. The lowest BCUT2D eigenvalue weighted by Gasteiger charge is -2.24. The third-order valence-corrected chi connectivity index (χ3v) is 2.57. The lowest BCUT2D eigenvalue weighted by Crippen LogP contribution is -2.34. The Bertz CT molecular complexity index is 306. The van der Waals surface area contributed by atoms with E-state index < -0.39 is 0 Å². The Labute approximate surface area is 72.7 Å². The number of fused-ring (bicyclic) bond motifs is 1. The third kappa shape index (κ3) is 0.847. The number of nitrogens with zero attached hydrogens (tertiary/aromatic N) is 1. The van der Waals surface area contributed by atoms with Crippen LogP contribution in [-0.4, -0.2) is 12.1 Å². The van der Waals surface area contributed by atoms with E-state index in [4.69, 9.17) is 4.84 Å². The molecule has 0 aromatic heterocycles. The first-order valence-electron chi connectivity index (χ1n) is 4.13. The Morgan fingerprint density at radius 3 is 2.58 bits per heavy atom. The van der Waals surface area contributed by atoms with Crippen LogP contribution in [0.25, 0.3) is 0 Å². The van der Waals surface area contributed by atoms with Gasteiger partial charge in [-0.15, -0.1) is 5.06 Å². The maximum atomic E-state index is 5.56. The molecule has 0 bridgehead atoms. The zero-order valence-corrected chi connectivity index (χ0v) is 7.66. The number of hydroxylamine groups is 2. The van der Waals surface area contributed by atoms with E-state index in [9.17, 15) is 0 Å². The second kappa shape index (κ2) is 2.23. The van der Waals surface area contributed by atoms with Gasteiger partial charge < -0.3 is 4.84 Å². The highest BCUT2D eigenvalue weighted by atomic mass is 16.7. The molecule has 0 saturated carbocycles. The van der Waals surface area contributed by atoms with Crippen LogP contribution in [-0.2, 0) is 5.54 Å². The molecule has 12 heavy (non-hydrogen) atoms. The van der Waals surface area contributed by atoms with Crippen LogP contribution in [0.5, 0.6) is 5.75 Å². The van der Waals surface area contributed by atoms with Gasteiger partial charge in [0.2, 0.25) is 0 Å². The van der Waals surface area contributed by atoms with Gasteiger partial charge in [0.05, 0.1) is 5.54 Å². The Morgan fingerprint density at radius 1 is 1.25 bits per heavy atom. The smallest absolute Gasteiger partial charge is 0.152 e. The highest BCUT2D eigenvalue weighted by Crippen LogP contribution is 2.40. The highest BCUT2D eigenvalue weighted by Gasteiger charge is 2.36. The van der Waals surface area contributed by atoms with Crippen LogP contribution in [0.2, 0.25) is 0 Å². The molecule has 64 valence electrons. The monoisotopic (exact) mass is 163 g/mol. The molecular formula is C10H13NO. The molecule has 2 heteroatoms. The van der Waals surface area contributed by atoms with Crippen molar-refractivity contribution >= 4 is 0 Å². The molecule has 1 aliphatic heterocycles. The molecule has 0 radical (unpaired) electrons. The lowest BCUT2D eigenvalue weighted by atomic mass is 9.95. The summed E-state index contributed by atoms with van der Waals surface area (Å²) in [5.41, 5.74) is 1.25. The standard InChI is InChI=1S/C10H13NO/c1-10(2)8-6-4-5-7-9(8)12-11(10)3/h4-7H,1-3H3. The topological polar surface area (TPSA) is 12.5 Å². The van der Waals surface area contributed by atoms with Crippen molar-refractivity contribution in [2.45, 2.75) is 19.4 Å². The number of benzene rings is 1. The van der Waals surface area contributed by atoms with Crippen LogP contribution >= 0.6 is 0 Å². The van der Waals surface area contributed by atoms with Crippen molar-refractivity contribution in [3.8, 4) is 5.75 Å². The van der Waals surface area contributed by atoms with Gasteiger partial charge in [-0.25, -0.2) is 0 Å². The first kappa shape index (κ1) is 7.62. The van der Waals surface area contributed by atoms with Gasteiger partial charge in [-0.2, -0.15) is 0 Å². The second-order valence-electron chi connectivity index (χ2n) is 3.64. The van der Waals surface area contributed by atoms with Crippen LogP contribution in [0.1, 0.15) is 19.4 Å². The van der Waals surface area contributed by atoms with Crippen molar-refractivity contribution in [2.24, 2.45) is 0 Å². The molecule has 0 amide bonds. The molecule has 0 spiro atoms. The molecule has 1 heterocycles. The van der Waals surface area contributed by atoms with E-state index in [2.05, 4.69) is 19.9 Å². The minimum atomic E-state index is -0.00338. The fourth-order valence-electron chi connectivity index (χ4n) is 1.48. The summed E-state index contributed by atoms with van der Waals surface area (Å²) in [4.78, 5) is 5.56. The molecule has 1 aromatic carbocycles. The van der Waals surface area contributed by atoms with Crippen LogP contribution in [0.4, 0.5) is 0 Å². The van der Waals surface area contributed by atoms with Crippen molar-refractivity contribution in [3.05, 3.63) is 29.8 Å². The van der Waals surface area contributed by atoms with E-state index >= 15 is 0 Å². The van der Waals surface area contributed by atoms with Gasteiger partial charge in [0, 0.05) is 12.6 Å². The molecular weight excluding hydrogens is 150 g/mol. The SMILES string of the molecule is CN1Oc2ccccc2C1(C)C. The van der Waals surface area contributed by atoms with E-state index in [0.717, 1.165) is 5.75 Å². The maximum absolute atomic E-state index is 5.56. The van der Waals surface area contributed by atoms with Gasteiger partial charge in [-0.1, -0.05) is 18.2 Å². The summed E-state index contributed by atoms with van der Waals surface area (Å²) >= 11 is 0. The average Bonchev–Trinajstić information content (AvgIpc) is 2.25. The largest absolute Gasteiger partial charge is 0.405 e. The first-order chi connectivity index (χ1) is 5.62. The van der Waals surface area contributed by atoms with Crippen LogP contribution in [0.15, 0.2) is 24.3 Å². The predicted octanol–water partition coefficient (Wildman–Crippen LogP) is 2.16. The van der Waals surface area contributed by atoms with Crippen LogP contribution in [0, 0.1) is 0 Å². The molecule has 0 saturated heterocycles. The Morgan fingerprint density at radius 2 is 1.92 bits per heavy atom. The maximum Gasteiger partial charge on any atom is 0.152 e. The molecule has 0 atom stereocenters. The van der Waals surface area contributed by atoms with E-state index in [1.54, 1.807) is 0 Å². The predicted molar refractivity (Wildman–Crippen MR) is 47.9 cm³/mol. The van der Waals surface area contributed by atoms with E-state index in [1.165, 1.54) is 5.56 Å². The van der Waals surface area contributed by atoms with Gasteiger partial charge in [0.15, 0.2) is 5.75 Å². The van der Waals surface area contributed by atoms with Crippen molar-refractivity contribution in [1.82, 2.24) is 5.06 Å². The summed E-state index contributed by atoms with van der Waals surface area (Å²) in [6.07, 6.45) is 0. The minimum Gasteiger partial charge on any atom is -0.405 e. The zero-order valence-electron chi connectivity index (χ0n) is 7.66. The second-order valence-corrected chi connectivity index (χ2v) is 3.64. The minimum absolute atomic E-state index is 0.00338. The first-order valence-corrected chi connectivity index (χ1v) is 4.13. The van der Waals surface area contributed by atoms with Crippen molar-refractivity contribution < 1.29 is 4.84 Å². The summed E-state index contributed by atoms with van der Waals surface area (Å²) in [5.74, 6) is 0.977. The highest BCUT2D eigenvalue weighted by molar-refractivity contribution is 5.40. The van der Waals surface area contributed by atoms with Crippen molar-refractivity contribution in [3.63, 3.8) is 0 Å². The fourth-order valence-corrected chi connectivity index (χ4v) is 1.48. The number of rotatable bonds is 0. The molecule has 1 aliphatic rings. The summed E-state index contributed by atoms with van der Waals surface area (Å²) < 4.78 is 0. The molecule has 1 aromatic rings. The number of hydrogen-bond acceptors (Lipinski definition) is 2. The van der Waals surface area contributed by atoms with Crippen LogP contribution in [0.3, 0.4) is 0 Å². The van der Waals surface area contributed by atoms with Gasteiger partial charge in [0.1, 0.15) is 0 Å². The van der Waals surface area contributed by atoms with Gasteiger partial charge in [-0.05, 0) is 19.9 Å². The number of para-hydroxylation sites is 1. The quantitative estimate of drug-likeness (QED) is 0.581. The van der Waals surface area contributed by atoms with E-state index in [1.807, 2.05) is 30.3 Å². The van der Waals surface area contributed by atoms with Crippen molar-refractivity contribution in [2.75, 3.05) is 7.05 Å². The fraction of sp³-hybridized carbons (Fsp3) is 0.400. The van der Waals surface area contributed by atoms with Crippen molar-refractivity contribution in [1.29, 1.82) is 0 Å². The van der Waals surface area contributed by atoms with Gasteiger partial charge in [0.25, 0.3) is 0 Å². The van der Waals surface area contributed by atoms with E-state index in [-0.39, 0.29) is 5.54 Å². The number of hydrogen-bond donors (Lipinski definition) is 0. The summed E-state index contributed by atoms with van der Waals surface area (Å²) in [5, 5.41) is 1.89. The zero-order chi connectivity index (χ0) is 8.77. The third-order valence-electron chi connectivity index (χ3n) is 2.57. The Kier molecular flexibility index (Phi) is 1.42.